The maximum absolute atomic E-state index is 10.7. The normalized spacial score (nSPS) is 10.6. The fraction of sp³-hybridized carbons (Fsp3) is 0.0833. The first-order valence-corrected chi connectivity index (χ1v) is 5.12. The van der Waals surface area contributed by atoms with Crippen molar-refractivity contribution < 1.29 is 9.90 Å². The number of halogens is 1. The fourth-order valence-corrected chi connectivity index (χ4v) is 1.88. The van der Waals surface area contributed by atoms with Gasteiger partial charge in [-0.15, -0.1) is 0 Å². The molecule has 0 bridgehead atoms. The van der Waals surface area contributed by atoms with E-state index in [0.717, 1.165) is 10.9 Å². The number of rotatable bonds is 3. The summed E-state index contributed by atoms with van der Waals surface area (Å²) in [5, 5.41) is 10.3. The van der Waals surface area contributed by atoms with Gasteiger partial charge in [-0.05, 0) is 6.07 Å². The van der Waals surface area contributed by atoms with Crippen molar-refractivity contribution in [2.45, 2.75) is 6.54 Å². The Morgan fingerprint density at radius 1 is 1.44 bits per heavy atom. The van der Waals surface area contributed by atoms with Crippen molar-refractivity contribution in [3.05, 3.63) is 47.6 Å². The second-order valence-corrected chi connectivity index (χ2v) is 3.94. The van der Waals surface area contributed by atoms with Gasteiger partial charge in [0.2, 0.25) is 0 Å². The van der Waals surface area contributed by atoms with Gasteiger partial charge in [-0.25, -0.2) is 4.79 Å². The zero-order chi connectivity index (χ0) is 11.7. The molecule has 82 valence electrons. The van der Waals surface area contributed by atoms with Gasteiger partial charge in [-0.3, -0.25) is 0 Å². The number of para-hydroxylation sites is 1. The molecule has 0 atom stereocenters. The molecule has 1 N–H and O–H groups in total. The van der Waals surface area contributed by atoms with E-state index < -0.39 is 5.97 Å². The van der Waals surface area contributed by atoms with Crippen LogP contribution in [0.25, 0.3) is 10.9 Å². The zero-order valence-corrected chi connectivity index (χ0v) is 9.24. The van der Waals surface area contributed by atoms with Crippen molar-refractivity contribution >= 4 is 28.5 Å². The molecular formula is C12H10ClNO2. The van der Waals surface area contributed by atoms with Gasteiger partial charge in [0.05, 0.1) is 11.6 Å². The van der Waals surface area contributed by atoms with E-state index in [1.807, 2.05) is 24.3 Å². The van der Waals surface area contributed by atoms with Crippen LogP contribution in [0.1, 0.15) is 0 Å². The molecule has 0 radical (unpaired) electrons. The number of carbonyl (C=O) groups is 1. The van der Waals surface area contributed by atoms with Crippen LogP contribution in [0, 0.1) is 0 Å². The third-order valence-electron chi connectivity index (χ3n) is 2.40. The van der Waals surface area contributed by atoms with Gasteiger partial charge in [0.15, 0.2) is 0 Å². The Morgan fingerprint density at radius 2 is 2.12 bits per heavy atom. The molecule has 0 aliphatic heterocycles. The molecule has 0 fully saturated rings. The minimum Gasteiger partial charge on any atom is -0.478 e. The van der Waals surface area contributed by atoms with Gasteiger partial charge < -0.3 is 9.67 Å². The summed E-state index contributed by atoms with van der Waals surface area (Å²) in [5.74, 6) is -0.992. The van der Waals surface area contributed by atoms with Crippen LogP contribution in [0.2, 0.25) is 5.02 Å². The maximum atomic E-state index is 10.7. The third-order valence-corrected chi connectivity index (χ3v) is 2.70. The number of hydrogen-bond donors (Lipinski definition) is 1. The van der Waals surface area contributed by atoms with Crippen LogP contribution in [0.15, 0.2) is 42.6 Å². The van der Waals surface area contributed by atoms with Gasteiger partial charge in [0.1, 0.15) is 0 Å². The Bertz CT molecular complexity index is 571. The third kappa shape index (κ3) is 1.82. The smallest absolute Gasteiger partial charge is 0.332 e. The molecule has 4 heteroatoms. The van der Waals surface area contributed by atoms with Gasteiger partial charge in [0, 0.05) is 22.7 Å². The number of nitrogens with zero attached hydrogens (tertiary/aromatic N) is 1. The summed E-state index contributed by atoms with van der Waals surface area (Å²) in [4.78, 5) is 10.7. The molecule has 0 aliphatic rings. The van der Waals surface area contributed by atoms with Gasteiger partial charge in [0.25, 0.3) is 0 Å². The van der Waals surface area contributed by atoms with E-state index in [2.05, 4.69) is 6.58 Å². The van der Waals surface area contributed by atoms with E-state index in [1.54, 1.807) is 10.8 Å². The molecule has 1 aromatic carbocycles. The Labute approximate surface area is 97.6 Å². The first-order chi connectivity index (χ1) is 7.59. The van der Waals surface area contributed by atoms with Gasteiger partial charge in [-0.1, -0.05) is 36.4 Å². The summed E-state index contributed by atoms with van der Waals surface area (Å²) >= 11 is 6.04. The predicted molar refractivity (Wildman–Crippen MR) is 63.7 cm³/mol. The van der Waals surface area contributed by atoms with Crippen molar-refractivity contribution in [3.8, 4) is 0 Å². The second-order valence-electron chi connectivity index (χ2n) is 3.53. The predicted octanol–water partition coefficient (Wildman–Crippen LogP) is 2.94. The quantitative estimate of drug-likeness (QED) is 0.832. The Balaban J connectivity index is 2.46. The fourth-order valence-electron chi connectivity index (χ4n) is 1.61. The molecule has 16 heavy (non-hydrogen) atoms. The Kier molecular flexibility index (Phi) is 2.71. The Hall–Kier alpha value is -1.74. The minimum atomic E-state index is -0.992. The number of aliphatic carboxylic acids is 1. The minimum absolute atomic E-state index is 0.136. The van der Waals surface area contributed by atoms with Crippen LogP contribution in [0.4, 0.5) is 0 Å². The van der Waals surface area contributed by atoms with Crippen LogP contribution >= 0.6 is 11.6 Å². The molecule has 1 heterocycles. The molecule has 0 amide bonds. The zero-order valence-electron chi connectivity index (χ0n) is 8.48. The van der Waals surface area contributed by atoms with Crippen LogP contribution in [-0.4, -0.2) is 15.6 Å². The van der Waals surface area contributed by atoms with E-state index >= 15 is 0 Å². The molecule has 0 saturated heterocycles. The summed E-state index contributed by atoms with van der Waals surface area (Å²) in [6.07, 6.45) is 1.72. The highest BCUT2D eigenvalue weighted by Gasteiger charge is 2.09. The summed E-state index contributed by atoms with van der Waals surface area (Å²) in [5.41, 5.74) is 1.05. The number of fused-ring (bicyclic) bond motifs is 1. The van der Waals surface area contributed by atoms with Crippen molar-refractivity contribution in [1.29, 1.82) is 0 Å². The highest BCUT2D eigenvalue weighted by Crippen LogP contribution is 2.25. The monoisotopic (exact) mass is 235 g/mol. The lowest BCUT2D eigenvalue weighted by molar-refractivity contribution is -0.132. The lowest BCUT2D eigenvalue weighted by atomic mass is 10.2. The first-order valence-electron chi connectivity index (χ1n) is 4.74. The van der Waals surface area contributed by atoms with Gasteiger partial charge in [-0.2, -0.15) is 0 Å². The van der Waals surface area contributed by atoms with Crippen molar-refractivity contribution in [3.63, 3.8) is 0 Å². The highest BCUT2D eigenvalue weighted by atomic mass is 35.5. The number of benzene rings is 1. The van der Waals surface area contributed by atoms with Crippen LogP contribution in [0.5, 0.6) is 0 Å². The first kappa shape index (κ1) is 10.8. The van der Waals surface area contributed by atoms with E-state index in [-0.39, 0.29) is 12.1 Å². The van der Waals surface area contributed by atoms with Crippen LogP contribution < -0.4 is 0 Å². The highest BCUT2D eigenvalue weighted by molar-refractivity contribution is 6.35. The lowest BCUT2D eigenvalue weighted by Gasteiger charge is -2.04. The maximum Gasteiger partial charge on any atom is 0.332 e. The van der Waals surface area contributed by atoms with E-state index in [0.29, 0.717) is 5.02 Å². The molecule has 2 aromatic rings. The summed E-state index contributed by atoms with van der Waals surface area (Å²) in [6, 6.07) is 7.58. The van der Waals surface area contributed by atoms with E-state index in [4.69, 9.17) is 16.7 Å². The summed E-state index contributed by atoms with van der Waals surface area (Å²) in [6.45, 7) is 3.74. The average molecular weight is 236 g/mol. The average Bonchev–Trinajstić information content (AvgIpc) is 2.57. The molecular weight excluding hydrogens is 226 g/mol. The molecule has 3 nitrogen and oxygen atoms in total. The standard InChI is InChI=1S/C12H10ClNO2/c1-8(12(15)16)6-14-7-10(13)9-4-2-3-5-11(9)14/h2-5,7H,1,6H2,(H,15,16). The Morgan fingerprint density at radius 3 is 2.81 bits per heavy atom. The number of aromatic nitrogens is 1. The molecule has 2 rings (SSSR count). The molecule has 0 spiro atoms. The molecule has 1 aromatic heterocycles. The largest absolute Gasteiger partial charge is 0.478 e. The van der Waals surface area contributed by atoms with Crippen molar-refractivity contribution in [1.82, 2.24) is 4.57 Å². The summed E-state index contributed by atoms with van der Waals surface area (Å²) in [7, 11) is 0. The van der Waals surface area contributed by atoms with Crippen molar-refractivity contribution in [2.24, 2.45) is 0 Å². The summed E-state index contributed by atoms with van der Waals surface area (Å²) < 4.78 is 1.79. The van der Waals surface area contributed by atoms with Crippen LogP contribution in [-0.2, 0) is 11.3 Å². The molecule has 0 unspecified atom stereocenters. The lowest BCUT2D eigenvalue weighted by Crippen LogP contribution is -2.07. The number of carboxylic acid groups (broad SMARTS) is 1. The molecule has 0 saturated carbocycles. The van der Waals surface area contributed by atoms with Crippen molar-refractivity contribution in [2.75, 3.05) is 0 Å². The molecule has 0 aliphatic carbocycles. The van der Waals surface area contributed by atoms with E-state index in [9.17, 15) is 4.79 Å². The SMILES string of the molecule is C=C(Cn1cc(Cl)c2ccccc21)C(=O)O. The van der Waals surface area contributed by atoms with E-state index in [1.165, 1.54) is 0 Å². The number of carboxylic acids is 1. The second kappa shape index (κ2) is 4.02. The van der Waals surface area contributed by atoms with Gasteiger partial charge >= 0.3 is 5.97 Å². The number of hydrogen-bond acceptors (Lipinski definition) is 1. The topological polar surface area (TPSA) is 42.2 Å². The van der Waals surface area contributed by atoms with Crippen LogP contribution in [0.3, 0.4) is 0 Å².